The highest BCUT2D eigenvalue weighted by molar-refractivity contribution is 6.00. The first kappa shape index (κ1) is 22.6. The molecular formula is C29H25N7O. The Morgan fingerprint density at radius 3 is 2.73 bits per heavy atom. The van der Waals surface area contributed by atoms with Gasteiger partial charge in [-0.1, -0.05) is 32.0 Å². The molecule has 0 radical (unpaired) electrons. The number of carbonyl (C=O) groups excluding carboxylic acids is 1. The van der Waals surface area contributed by atoms with Crippen LogP contribution >= 0.6 is 0 Å². The number of hydrogen-bond donors (Lipinski definition) is 3. The molecular weight excluding hydrogens is 462 g/mol. The van der Waals surface area contributed by atoms with E-state index in [1.165, 1.54) is 0 Å². The zero-order chi connectivity index (χ0) is 25.4. The number of carbonyl (C=O) groups is 1. The van der Waals surface area contributed by atoms with E-state index in [0.717, 1.165) is 55.8 Å². The van der Waals surface area contributed by atoms with Crippen LogP contribution in [0, 0.1) is 5.92 Å². The van der Waals surface area contributed by atoms with Crippen molar-refractivity contribution in [3.05, 3.63) is 79.3 Å². The van der Waals surface area contributed by atoms with E-state index >= 15 is 0 Å². The van der Waals surface area contributed by atoms with Gasteiger partial charge in [-0.3, -0.25) is 19.9 Å². The minimum Gasteiger partial charge on any atom is -0.353 e. The van der Waals surface area contributed by atoms with Crippen LogP contribution in [-0.2, 0) is 4.79 Å². The van der Waals surface area contributed by atoms with Gasteiger partial charge in [0.05, 0.1) is 34.5 Å². The third-order valence-corrected chi connectivity index (χ3v) is 6.18. The van der Waals surface area contributed by atoms with E-state index < -0.39 is 0 Å². The summed E-state index contributed by atoms with van der Waals surface area (Å²) in [6.45, 7) is 4.03. The lowest BCUT2D eigenvalue weighted by molar-refractivity contribution is -0.116. The van der Waals surface area contributed by atoms with Crippen LogP contribution < -0.4 is 5.32 Å². The first-order valence-corrected chi connectivity index (χ1v) is 12.2. The zero-order valence-electron chi connectivity index (χ0n) is 20.5. The van der Waals surface area contributed by atoms with Gasteiger partial charge in [-0.15, -0.1) is 0 Å². The van der Waals surface area contributed by atoms with Crippen molar-refractivity contribution in [3.63, 3.8) is 0 Å². The maximum Gasteiger partial charge on any atom is 0.224 e. The third-order valence-electron chi connectivity index (χ3n) is 6.18. The molecule has 5 heterocycles. The highest BCUT2D eigenvalue weighted by Gasteiger charge is 2.16. The minimum atomic E-state index is -0.0293. The Labute approximate surface area is 213 Å². The van der Waals surface area contributed by atoms with Crippen molar-refractivity contribution in [3.8, 4) is 33.9 Å². The SMILES string of the molecule is CC(C)CC(=O)Nc1cncc(-c2ccc3[nH]nc(-c4cc5c(-c6ccccn6)cccc5[nH]4)c3n2)c1. The van der Waals surface area contributed by atoms with Gasteiger partial charge in [0.15, 0.2) is 0 Å². The van der Waals surface area contributed by atoms with Crippen molar-refractivity contribution in [2.45, 2.75) is 20.3 Å². The van der Waals surface area contributed by atoms with Crippen molar-refractivity contribution in [1.82, 2.24) is 30.1 Å². The highest BCUT2D eigenvalue weighted by atomic mass is 16.1. The van der Waals surface area contributed by atoms with E-state index in [0.29, 0.717) is 12.1 Å². The van der Waals surface area contributed by atoms with Crippen molar-refractivity contribution in [1.29, 1.82) is 0 Å². The summed E-state index contributed by atoms with van der Waals surface area (Å²) in [5, 5.41) is 11.7. The summed E-state index contributed by atoms with van der Waals surface area (Å²) in [6.07, 6.45) is 5.65. The Morgan fingerprint density at radius 1 is 0.973 bits per heavy atom. The van der Waals surface area contributed by atoms with Gasteiger partial charge in [0.25, 0.3) is 0 Å². The molecule has 0 aliphatic carbocycles. The van der Waals surface area contributed by atoms with Gasteiger partial charge in [0.2, 0.25) is 5.91 Å². The number of fused-ring (bicyclic) bond motifs is 2. The molecule has 37 heavy (non-hydrogen) atoms. The fraction of sp³-hybridized carbons (Fsp3) is 0.138. The predicted octanol–water partition coefficient (Wildman–Crippen LogP) is 6.21. The topological polar surface area (TPSA) is 112 Å². The average molecular weight is 488 g/mol. The van der Waals surface area contributed by atoms with Crippen LogP contribution in [0.5, 0.6) is 0 Å². The smallest absolute Gasteiger partial charge is 0.224 e. The molecule has 8 heteroatoms. The number of benzene rings is 1. The van der Waals surface area contributed by atoms with E-state index in [1.54, 1.807) is 18.6 Å². The summed E-state index contributed by atoms with van der Waals surface area (Å²) < 4.78 is 0. The van der Waals surface area contributed by atoms with Crippen LogP contribution in [0.1, 0.15) is 20.3 Å². The number of aromatic amines is 2. The van der Waals surface area contributed by atoms with E-state index in [9.17, 15) is 4.79 Å². The Hall–Kier alpha value is -4.85. The molecule has 0 bridgehead atoms. The fourth-order valence-electron chi connectivity index (χ4n) is 4.51. The van der Waals surface area contributed by atoms with Crippen molar-refractivity contribution < 1.29 is 4.79 Å². The third kappa shape index (κ3) is 4.45. The van der Waals surface area contributed by atoms with Gasteiger partial charge in [-0.05, 0) is 48.4 Å². The van der Waals surface area contributed by atoms with Gasteiger partial charge < -0.3 is 10.3 Å². The number of rotatable bonds is 6. The summed E-state index contributed by atoms with van der Waals surface area (Å²) in [4.78, 5) is 29.5. The number of nitrogens with one attached hydrogen (secondary N) is 3. The Kier molecular flexibility index (Phi) is 5.69. The molecule has 0 saturated heterocycles. The maximum absolute atomic E-state index is 12.2. The van der Waals surface area contributed by atoms with Gasteiger partial charge in [-0.25, -0.2) is 4.98 Å². The normalized spacial score (nSPS) is 11.4. The molecule has 0 spiro atoms. The summed E-state index contributed by atoms with van der Waals surface area (Å²) in [6, 6.07) is 19.9. The van der Waals surface area contributed by atoms with E-state index in [1.807, 2.05) is 62.4 Å². The number of pyridine rings is 3. The second-order valence-corrected chi connectivity index (χ2v) is 9.44. The summed E-state index contributed by atoms with van der Waals surface area (Å²) >= 11 is 0. The van der Waals surface area contributed by atoms with Gasteiger partial charge in [-0.2, -0.15) is 5.10 Å². The molecule has 182 valence electrons. The molecule has 0 unspecified atom stereocenters. The van der Waals surface area contributed by atoms with Crippen LogP contribution in [-0.4, -0.2) is 36.0 Å². The molecule has 6 rings (SSSR count). The molecule has 5 aromatic heterocycles. The maximum atomic E-state index is 12.2. The monoisotopic (exact) mass is 487 g/mol. The summed E-state index contributed by atoms with van der Waals surface area (Å²) in [5.74, 6) is 0.253. The van der Waals surface area contributed by atoms with Crippen LogP contribution in [0.2, 0.25) is 0 Å². The number of H-pyrrole nitrogens is 2. The Balaban J connectivity index is 1.38. The zero-order valence-corrected chi connectivity index (χ0v) is 20.5. The molecule has 0 fully saturated rings. The highest BCUT2D eigenvalue weighted by Crippen LogP contribution is 2.33. The number of anilines is 1. The van der Waals surface area contributed by atoms with Gasteiger partial charge in [0, 0.05) is 40.8 Å². The van der Waals surface area contributed by atoms with Crippen molar-refractivity contribution >= 4 is 33.5 Å². The van der Waals surface area contributed by atoms with Crippen LogP contribution in [0.25, 0.3) is 55.8 Å². The standard InChI is InChI=1S/C29H25N7O/c1-17(2)12-27(37)32-19-13-18(15-30-16-19)22-9-10-25-28(34-22)29(36-35-25)26-14-21-20(6-5-8-24(21)33-26)23-7-3-4-11-31-23/h3-11,13-17,33H,12H2,1-2H3,(H,32,37)(H,35,36). The van der Waals surface area contributed by atoms with Crippen molar-refractivity contribution in [2.75, 3.05) is 5.32 Å². The quantitative estimate of drug-likeness (QED) is 0.258. The van der Waals surface area contributed by atoms with Crippen LogP contribution in [0.3, 0.4) is 0 Å². The van der Waals surface area contributed by atoms with Crippen LogP contribution in [0.4, 0.5) is 5.69 Å². The predicted molar refractivity (Wildman–Crippen MR) is 146 cm³/mol. The second-order valence-electron chi connectivity index (χ2n) is 9.44. The van der Waals surface area contributed by atoms with Crippen molar-refractivity contribution in [2.24, 2.45) is 5.92 Å². The molecule has 1 aromatic carbocycles. The molecule has 0 aliphatic heterocycles. The lowest BCUT2D eigenvalue weighted by Crippen LogP contribution is -2.13. The molecule has 8 nitrogen and oxygen atoms in total. The number of amides is 1. The first-order chi connectivity index (χ1) is 18.0. The fourth-order valence-corrected chi connectivity index (χ4v) is 4.51. The number of aromatic nitrogens is 6. The largest absolute Gasteiger partial charge is 0.353 e. The molecule has 6 aromatic rings. The molecule has 0 atom stereocenters. The van der Waals surface area contributed by atoms with Gasteiger partial charge in [0.1, 0.15) is 11.2 Å². The first-order valence-electron chi connectivity index (χ1n) is 12.2. The Bertz CT molecular complexity index is 1730. The second kappa shape index (κ2) is 9.31. The lowest BCUT2D eigenvalue weighted by Gasteiger charge is -2.08. The summed E-state index contributed by atoms with van der Waals surface area (Å²) in [5.41, 5.74) is 8.34. The van der Waals surface area contributed by atoms with Crippen LogP contribution in [0.15, 0.2) is 79.3 Å². The van der Waals surface area contributed by atoms with E-state index in [-0.39, 0.29) is 11.8 Å². The number of nitrogens with zero attached hydrogens (tertiary/aromatic N) is 4. The van der Waals surface area contributed by atoms with E-state index in [2.05, 4.69) is 42.6 Å². The molecule has 1 amide bonds. The lowest BCUT2D eigenvalue weighted by atomic mass is 10.1. The van der Waals surface area contributed by atoms with Gasteiger partial charge >= 0.3 is 0 Å². The van der Waals surface area contributed by atoms with E-state index in [4.69, 9.17) is 4.98 Å². The average Bonchev–Trinajstić information content (AvgIpc) is 3.52. The Morgan fingerprint density at radius 2 is 1.89 bits per heavy atom. The molecule has 0 saturated carbocycles. The molecule has 3 N–H and O–H groups in total. The summed E-state index contributed by atoms with van der Waals surface area (Å²) in [7, 11) is 0. The molecule has 0 aliphatic rings. The number of hydrogen-bond acceptors (Lipinski definition) is 5. The minimum absolute atomic E-state index is 0.0293.